The van der Waals surface area contributed by atoms with E-state index in [-0.39, 0.29) is 12.5 Å². The summed E-state index contributed by atoms with van der Waals surface area (Å²) in [6.45, 7) is 0.820. The molecule has 3 rings (SSSR count). The lowest BCUT2D eigenvalue weighted by atomic mass is 10.2. The maximum Gasteiger partial charge on any atom is 0.246 e. The second-order valence-corrected chi connectivity index (χ2v) is 4.83. The third-order valence-corrected chi connectivity index (χ3v) is 3.22. The van der Waals surface area contributed by atoms with Gasteiger partial charge in [-0.15, -0.1) is 0 Å². The summed E-state index contributed by atoms with van der Waals surface area (Å²) in [7, 11) is 0. The highest BCUT2D eigenvalue weighted by Gasteiger charge is 2.07. The highest BCUT2D eigenvalue weighted by atomic mass is 16.5. The van der Waals surface area contributed by atoms with Crippen LogP contribution in [0.15, 0.2) is 48.7 Å². The maximum absolute atomic E-state index is 11.8. The van der Waals surface area contributed by atoms with E-state index in [0.29, 0.717) is 18.8 Å². The second-order valence-electron chi connectivity index (χ2n) is 4.83. The van der Waals surface area contributed by atoms with Crippen molar-refractivity contribution in [1.82, 2.24) is 20.5 Å². The summed E-state index contributed by atoms with van der Waals surface area (Å²) < 4.78 is 5.39. The zero-order valence-corrected chi connectivity index (χ0v) is 12.0. The number of rotatable bonds is 6. The van der Waals surface area contributed by atoms with Gasteiger partial charge >= 0.3 is 0 Å². The van der Waals surface area contributed by atoms with Gasteiger partial charge in [0.25, 0.3) is 0 Å². The molecule has 0 aliphatic heterocycles. The fourth-order valence-corrected chi connectivity index (χ4v) is 2.11. The van der Waals surface area contributed by atoms with Crippen molar-refractivity contribution in [2.24, 2.45) is 0 Å². The van der Waals surface area contributed by atoms with Crippen molar-refractivity contribution in [3.63, 3.8) is 0 Å². The summed E-state index contributed by atoms with van der Waals surface area (Å²) in [4.78, 5) is 15.9. The number of nitrogens with zero attached hydrogens (tertiary/aromatic N) is 2. The first-order valence-corrected chi connectivity index (χ1v) is 6.99. The topological polar surface area (TPSA) is 79.9 Å². The van der Waals surface area contributed by atoms with Crippen LogP contribution in [-0.4, -0.2) is 27.7 Å². The molecule has 0 unspecified atom stereocenters. The molecule has 3 aromatic rings. The van der Waals surface area contributed by atoms with E-state index >= 15 is 0 Å². The van der Waals surface area contributed by atoms with Crippen LogP contribution in [0.1, 0.15) is 11.3 Å². The zero-order valence-electron chi connectivity index (χ0n) is 12.0. The van der Waals surface area contributed by atoms with E-state index in [1.54, 1.807) is 6.20 Å². The van der Waals surface area contributed by atoms with Gasteiger partial charge in [0.15, 0.2) is 5.65 Å². The molecular formula is C16H16N4O2. The van der Waals surface area contributed by atoms with E-state index in [2.05, 4.69) is 20.5 Å². The standard InChI is InChI=1S/C16H16N4O2/c21-15(11-22-10-12-5-2-1-3-6-12)18-9-14-13-7-4-8-17-16(13)20-19-14/h1-8H,9-11H2,(H,18,21)(H,17,19,20). The number of carbonyl (C=O) groups is 1. The lowest BCUT2D eigenvalue weighted by Gasteiger charge is -2.05. The number of H-pyrrole nitrogens is 1. The first-order valence-electron chi connectivity index (χ1n) is 6.99. The van der Waals surface area contributed by atoms with Crippen molar-refractivity contribution in [2.45, 2.75) is 13.2 Å². The zero-order chi connectivity index (χ0) is 15.2. The largest absolute Gasteiger partial charge is 0.367 e. The molecule has 2 N–H and O–H groups in total. The van der Waals surface area contributed by atoms with Gasteiger partial charge in [0.1, 0.15) is 6.61 Å². The van der Waals surface area contributed by atoms with Crippen LogP contribution in [0.25, 0.3) is 11.0 Å². The third kappa shape index (κ3) is 3.48. The predicted molar refractivity (Wildman–Crippen MR) is 81.8 cm³/mol. The minimum absolute atomic E-state index is 0.0270. The molecule has 6 nitrogen and oxygen atoms in total. The van der Waals surface area contributed by atoms with E-state index in [9.17, 15) is 4.79 Å². The molecule has 0 spiro atoms. The summed E-state index contributed by atoms with van der Waals surface area (Å²) in [6, 6.07) is 13.5. The quantitative estimate of drug-likeness (QED) is 0.727. The van der Waals surface area contributed by atoms with Crippen molar-refractivity contribution in [3.05, 3.63) is 59.9 Å². The Hall–Kier alpha value is -2.73. The molecule has 0 atom stereocenters. The Labute approximate surface area is 127 Å². The Kier molecular flexibility index (Phi) is 4.41. The minimum atomic E-state index is -0.164. The van der Waals surface area contributed by atoms with Crippen LogP contribution in [0.5, 0.6) is 0 Å². The Morgan fingerprint density at radius 2 is 2.05 bits per heavy atom. The molecule has 6 heteroatoms. The average molecular weight is 296 g/mol. The summed E-state index contributed by atoms with van der Waals surface area (Å²) in [6.07, 6.45) is 1.68. The highest BCUT2D eigenvalue weighted by molar-refractivity contribution is 5.80. The number of amides is 1. The molecule has 112 valence electrons. The Morgan fingerprint density at radius 1 is 1.18 bits per heavy atom. The number of carbonyl (C=O) groups excluding carboxylic acids is 1. The highest BCUT2D eigenvalue weighted by Crippen LogP contribution is 2.12. The van der Waals surface area contributed by atoms with Gasteiger partial charge in [-0.3, -0.25) is 9.89 Å². The van der Waals surface area contributed by atoms with Crippen LogP contribution >= 0.6 is 0 Å². The van der Waals surface area contributed by atoms with Gasteiger partial charge in [0.05, 0.1) is 18.8 Å². The van der Waals surface area contributed by atoms with Gasteiger partial charge in [-0.25, -0.2) is 4.98 Å². The van der Waals surface area contributed by atoms with Gasteiger partial charge in [-0.2, -0.15) is 5.10 Å². The molecule has 1 amide bonds. The molecule has 0 bridgehead atoms. The van der Waals surface area contributed by atoms with Crippen molar-refractivity contribution in [1.29, 1.82) is 0 Å². The first-order chi connectivity index (χ1) is 10.8. The smallest absolute Gasteiger partial charge is 0.246 e. The predicted octanol–water partition coefficient (Wildman–Crippen LogP) is 1.79. The molecule has 0 aliphatic carbocycles. The SMILES string of the molecule is O=C(COCc1ccccc1)NCc1[nH]nc2ncccc12. The lowest BCUT2D eigenvalue weighted by Crippen LogP contribution is -2.27. The molecule has 1 aromatic carbocycles. The molecule has 2 aromatic heterocycles. The maximum atomic E-state index is 11.8. The lowest BCUT2D eigenvalue weighted by molar-refractivity contribution is -0.126. The minimum Gasteiger partial charge on any atom is -0.367 e. The van der Waals surface area contributed by atoms with Crippen molar-refractivity contribution >= 4 is 16.9 Å². The Morgan fingerprint density at radius 3 is 2.91 bits per heavy atom. The van der Waals surface area contributed by atoms with E-state index < -0.39 is 0 Å². The Bertz CT molecular complexity index is 755. The van der Waals surface area contributed by atoms with Gasteiger partial charge < -0.3 is 10.1 Å². The summed E-state index contributed by atoms with van der Waals surface area (Å²) in [5.74, 6) is -0.164. The summed E-state index contributed by atoms with van der Waals surface area (Å²) in [5, 5.41) is 10.7. The van der Waals surface area contributed by atoms with Crippen molar-refractivity contribution in [2.75, 3.05) is 6.61 Å². The summed E-state index contributed by atoms with van der Waals surface area (Å²) >= 11 is 0. The second kappa shape index (κ2) is 6.82. The number of fused-ring (bicyclic) bond motifs is 1. The number of nitrogens with one attached hydrogen (secondary N) is 2. The fraction of sp³-hybridized carbons (Fsp3) is 0.188. The molecule has 0 fully saturated rings. The van der Waals surface area contributed by atoms with E-state index in [4.69, 9.17) is 4.74 Å². The van der Waals surface area contributed by atoms with Crippen molar-refractivity contribution in [3.8, 4) is 0 Å². The molecule has 2 heterocycles. The monoisotopic (exact) mass is 296 g/mol. The van der Waals surface area contributed by atoms with Crippen LogP contribution in [-0.2, 0) is 22.7 Å². The molecule has 0 radical (unpaired) electrons. The summed E-state index contributed by atoms with van der Waals surface area (Å²) in [5.41, 5.74) is 2.52. The van der Waals surface area contributed by atoms with E-state index in [1.165, 1.54) is 0 Å². The number of aromatic nitrogens is 3. The fourth-order valence-electron chi connectivity index (χ4n) is 2.11. The van der Waals surface area contributed by atoms with Crippen LogP contribution in [0.4, 0.5) is 0 Å². The van der Waals surface area contributed by atoms with Gasteiger partial charge in [0, 0.05) is 11.6 Å². The number of hydrogen-bond donors (Lipinski definition) is 2. The van der Waals surface area contributed by atoms with Gasteiger partial charge in [-0.1, -0.05) is 30.3 Å². The molecule has 22 heavy (non-hydrogen) atoms. The number of pyridine rings is 1. The normalized spacial score (nSPS) is 10.7. The number of aromatic amines is 1. The van der Waals surface area contributed by atoms with Crippen LogP contribution in [0, 0.1) is 0 Å². The van der Waals surface area contributed by atoms with Crippen LogP contribution in [0.3, 0.4) is 0 Å². The third-order valence-electron chi connectivity index (χ3n) is 3.22. The average Bonchev–Trinajstić information content (AvgIpc) is 2.97. The Balaban J connectivity index is 1.46. The van der Waals surface area contributed by atoms with Crippen LogP contribution in [0.2, 0.25) is 0 Å². The number of ether oxygens (including phenoxy) is 1. The van der Waals surface area contributed by atoms with E-state index in [0.717, 1.165) is 16.6 Å². The molecule has 0 saturated carbocycles. The van der Waals surface area contributed by atoms with Crippen molar-refractivity contribution < 1.29 is 9.53 Å². The first kappa shape index (κ1) is 14.2. The van der Waals surface area contributed by atoms with Crippen LogP contribution < -0.4 is 5.32 Å². The molecular weight excluding hydrogens is 280 g/mol. The molecule has 0 saturated heterocycles. The number of benzene rings is 1. The van der Waals surface area contributed by atoms with Gasteiger partial charge in [-0.05, 0) is 17.7 Å². The van der Waals surface area contributed by atoms with E-state index in [1.807, 2.05) is 42.5 Å². The molecule has 0 aliphatic rings. The number of hydrogen-bond acceptors (Lipinski definition) is 4. The van der Waals surface area contributed by atoms with Gasteiger partial charge in [0.2, 0.25) is 5.91 Å².